The summed E-state index contributed by atoms with van der Waals surface area (Å²) in [5, 5.41) is 8.20. The summed E-state index contributed by atoms with van der Waals surface area (Å²) in [6, 6.07) is 2.33. The van der Waals surface area contributed by atoms with Crippen molar-refractivity contribution in [1.82, 2.24) is 0 Å². The molecule has 0 fully saturated rings. The molecule has 1 N–H and O–H groups in total. The topological polar surface area (TPSA) is 37.3 Å². The van der Waals surface area contributed by atoms with Gasteiger partial charge in [-0.2, -0.15) is 0 Å². The Balaban J connectivity index is 3.06. The zero-order valence-corrected chi connectivity index (χ0v) is 3.01. The Morgan fingerprint density at radius 3 is 2.33 bits per heavy atom. The molecule has 6 heavy (non-hydrogen) atoms. The molecule has 0 radical (unpaired) electrons. The van der Waals surface area contributed by atoms with Crippen molar-refractivity contribution < 1.29 is 5.11 Å². The van der Waals surface area contributed by atoms with Crippen LogP contribution in [0.2, 0.25) is 0 Å². The lowest BCUT2D eigenvalue weighted by Gasteiger charge is -1.75. The second kappa shape index (κ2) is 0.772. The summed E-state index contributed by atoms with van der Waals surface area (Å²) in [7, 11) is 0. The molecule has 0 saturated carbocycles. The molecule has 0 bridgehead atoms. The highest BCUT2D eigenvalue weighted by Gasteiger charge is 2.01. The summed E-state index contributed by atoms with van der Waals surface area (Å²) in [4.78, 5) is 9.82. The first-order chi connectivity index (χ1) is 2.79. The second-order valence-electron chi connectivity index (χ2n) is 1.12. The van der Waals surface area contributed by atoms with E-state index in [4.69, 9.17) is 5.11 Å². The van der Waals surface area contributed by atoms with E-state index in [1.165, 1.54) is 12.1 Å². The number of hydrogen-bond donors (Lipinski definition) is 1. The number of rotatable bonds is 0. The zero-order chi connectivity index (χ0) is 4.57. The maximum Gasteiger partial charge on any atom is 0.292 e. The lowest BCUT2D eigenvalue weighted by Crippen LogP contribution is -1.97. The minimum absolute atomic E-state index is 0.0833. The Morgan fingerprint density at radius 2 is 2.33 bits per heavy atom. The Hall–Kier alpha value is -0.920. The van der Waals surface area contributed by atoms with Gasteiger partial charge < -0.3 is 5.11 Å². The zero-order valence-electron chi connectivity index (χ0n) is 3.01. The summed E-state index contributed by atoms with van der Waals surface area (Å²) in [6.07, 6.45) is 0. The van der Waals surface area contributed by atoms with Crippen molar-refractivity contribution in [2.45, 2.75) is 0 Å². The third kappa shape index (κ3) is 0.266. The van der Waals surface area contributed by atoms with E-state index in [1.54, 1.807) is 0 Å². The van der Waals surface area contributed by atoms with Crippen LogP contribution in [-0.4, -0.2) is 5.11 Å². The van der Waals surface area contributed by atoms with Crippen LogP contribution in [0.5, 0.6) is 5.75 Å². The Bertz CT molecular complexity index is 149. The van der Waals surface area contributed by atoms with E-state index < -0.39 is 0 Å². The van der Waals surface area contributed by atoms with Gasteiger partial charge >= 0.3 is 0 Å². The van der Waals surface area contributed by atoms with Crippen molar-refractivity contribution >= 4 is 0 Å². The number of hydrogen-bond acceptors (Lipinski definition) is 2. The fourth-order valence-corrected chi connectivity index (χ4v) is 0.279. The van der Waals surface area contributed by atoms with Gasteiger partial charge in [0.25, 0.3) is 5.43 Å². The highest BCUT2D eigenvalue weighted by atomic mass is 16.3. The van der Waals surface area contributed by atoms with Crippen molar-refractivity contribution in [2.75, 3.05) is 0 Å². The van der Waals surface area contributed by atoms with Gasteiger partial charge in [-0.1, -0.05) is 0 Å². The molecule has 0 aliphatic carbocycles. The monoisotopic (exact) mass is 83.0 g/mol. The molecule has 0 aliphatic rings. The van der Waals surface area contributed by atoms with Crippen LogP contribution < -0.4 is 5.43 Å². The highest BCUT2D eigenvalue weighted by molar-refractivity contribution is 5.23. The van der Waals surface area contributed by atoms with Crippen molar-refractivity contribution in [3.63, 3.8) is 0 Å². The SMILES string of the molecule is O=c1cc(O)[cH+]1. The fraction of sp³-hybridized carbons (Fsp3) is 0. The Morgan fingerprint density at radius 1 is 1.83 bits per heavy atom. The lowest BCUT2D eigenvalue weighted by molar-refractivity contribution is 0.469. The summed E-state index contributed by atoms with van der Waals surface area (Å²) >= 11 is 0. The van der Waals surface area contributed by atoms with Gasteiger partial charge in [-0.25, -0.2) is 0 Å². The average molecular weight is 83.1 g/mol. The van der Waals surface area contributed by atoms with Gasteiger partial charge in [0, 0.05) is 0 Å². The van der Waals surface area contributed by atoms with Crippen LogP contribution in [0.25, 0.3) is 0 Å². The smallest absolute Gasteiger partial charge is 0.292 e. The standard InChI is InChI=1S/C4H2O2/c5-3-1-4(6)2-3/h1-2H/p+1. The van der Waals surface area contributed by atoms with E-state index in [9.17, 15) is 4.79 Å². The van der Waals surface area contributed by atoms with Gasteiger partial charge in [0.15, 0.2) is 0 Å². The number of aromatic hydroxyl groups is 1. The largest absolute Gasteiger partial charge is 0.487 e. The van der Waals surface area contributed by atoms with Crippen LogP contribution >= 0.6 is 0 Å². The maximum atomic E-state index is 9.82. The van der Waals surface area contributed by atoms with Crippen LogP contribution in [0.15, 0.2) is 16.9 Å². The molecular weight excluding hydrogens is 80.0 g/mol. The van der Waals surface area contributed by atoms with E-state index >= 15 is 0 Å². The molecule has 0 heterocycles. The fourth-order valence-electron chi connectivity index (χ4n) is 0.279. The molecule has 1 rings (SSSR count). The Kier molecular flexibility index (Phi) is 0.422. The first kappa shape index (κ1) is 3.28. The van der Waals surface area contributed by atoms with Crippen molar-refractivity contribution in [1.29, 1.82) is 0 Å². The van der Waals surface area contributed by atoms with E-state index in [1.807, 2.05) is 0 Å². The van der Waals surface area contributed by atoms with E-state index in [2.05, 4.69) is 0 Å². The Labute approximate surface area is 34.4 Å². The van der Waals surface area contributed by atoms with Gasteiger partial charge in [0.1, 0.15) is 12.1 Å². The van der Waals surface area contributed by atoms with Crippen molar-refractivity contribution in [3.05, 3.63) is 22.4 Å². The lowest BCUT2D eigenvalue weighted by atomic mass is 10.3. The molecule has 0 saturated heterocycles. The summed E-state index contributed by atoms with van der Waals surface area (Å²) in [5.74, 6) is 0.0833. The molecule has 0 aromatic heterocycles. The van der Waals surface area contributed by atoms with Gasteiger partial charge in [0.05, 0.1) is 0 Å². The highest BCUT2D eigenvalue weighted by Crippen LogP contribution is 2.00. The predicted octanol–water partition coefficient (Wildman–Crippen LogP) is -0.0909. The van der Waals surface area contributed by atoms with Crippen LogP contribution in [0, 0.1) is 0 Å². The van der Waals surface area contributed by atoms with Gasteiger partial charge in [-0.3, -0.25) is 4.79 Å². The molecule has 2 heteroatoms. The normalized spacial score (nSPS) is 9.33. The third-order valence-corrected chi connectivity index (χ3v) is 0.580. The molecule has 1 aromatic rings. The molecule has 2 nitrogen and oxygen atoms in total. The molecular formula is C4H3O2+. The maximum absolute atomic E-state index is 9.82. The van der Waals surface area contributed by atoms with E-state index in [-0.39, 0.29) is 11.2 Å². The molecule has 0 unspecified atom stereocenters. The van der Waals surface area contributed by atoms with Gasteiger partial charge in [0.2, 0.25) is 5.75 Å². The van der Waals surface area contributed by atoms with Crippen molar-refractivity contribution in [3.8, 4) is 5.75 Å². The summed E-state index contributed by atoms with van der Waals surface area (Å²) < 4.78 is 0. The third-order valence-electron chi connectivity index (χ3n) is 0.580. The molecule has 0 amide bonds. The van der Waals surface area contributed by atoms with Gasteiger partial charge in [-0.15, -0.1) is 0 Å². The van der Waals surface area contributed by atoms with Crippen LogP contribution in [0.4, 0.5) is 0 Å². The molecule has 0 atom stereocenters. The van der Waals surface area contributed by atoms with E-state index in [0.29, 0.717) is 0 Å². The molecule has 0 aliphatic heterocycles. The minimum Gasteiger partial charge on any atom is -0.487 e. The van der Waals surface area contributed by atoms with Crippen LogP contribution in [-0.2, 0) is 0 Å². The minimum atomic E-state index is -0.104. The summed E-state index contributed by atoms with van der Waals surface area (Å²) in [5.41, 5.74) is -0.104. The van der Waals surface area contributed by atoms with Crippen LogP contribution in [0.1, 0.15) is 0 Å². The quantitative estimate of drug-likeness (QED) is 0.445. The average Bonchev–Trinajstić information content (AvgIpc) is 1.33. The first-order valence-electron chi connectivity index (χ1n) is 1.58. The van der Waals surface area contributed by atoms with E-state index in [0.717, 1.165) is 0 Å². The van der Waals surface area contributed by atoms with Crippen molar-refractivity contribution in [2.24, 2.45) is 0 Å². The molecule has 1 aromatic carbocycles. The molecule has 0 spiro atoms. The predicted molar refractivity (Wildman–Crippen MR) is 21.2 cm³/mol. The summed E-state index contributed by atoms with van der Waals surface area (Å²) in [6.45, 7) is 0. The van der Waals surface area contributed by atoms with Crippen LogP contribution in [0.3, 0.4) is 0 Å². The molecule has 30 valence electrons. The van der Waals surface area contributed by atoms with Gasteiger partial charge in [-0.05, 0) is 0 Å². The second-order valence-corrected chi connectivity index (χ2v) is 1.12. The first-order valence-corrected chi connectivity index (χ1v) is 1.58.